The van der Waals surface area contributed by atoms with E-state index in [2.05, 4.69) is 29.1 Å². The maximum atomic E-state index is 13.5. The number of aromatic nitrogens is 4. The molecule has 1 aliphatic rings. The molecule has 3 aromatic rings. The summed E-state index contributed by atoms with van der Waals surface area (Å²) in [6, 6.07) is 7.83. The molecule has 1 aliphatic carbocycles. The molecule has 170 valence electrons. The van der Waals surface area contributed by atoms with E-state index in [0.29, 0.717) is 29.6 Å². The molecule has 0 bridgehead atoms. The van der Waals surface area contributed by atoms with Crippen LogP contribution in [-0.2, 0) is 6.54 Å². The van der Waals surface area contributed by atoms with Gasteiger partial charge < -0.3 is 10.4 Å². The first-order valence-corrected chi connectivity index (χ1v) is 11.1. The van der Waals surface area contributed by atoms with Gasteiger partial charge in [0.25, 0.3) is 0 Å². The molecule has 2 N–H and O–H groups in total. The van der Waals surface area contributed by atoms with Gasteiger partial charge in [0.2, 0.25) is 5.95 Å². The van der Waals surface area contributed by atoms with E-state index in [1.165, 1.54) is 12.1 Å². The molecule has 2 heterocycles. The monoisotopic (exact) mass is 439 g/mol. The van der Waals surface area contributed by atoms with Crippen LogP contribution in [0.25, 0.3) is 17.1 Å². The number of anilines is 1. The van der Waals surface area contributed by atoms with Gasteiger partial charge in [0.05, 0.1) is 22.7 Å². The Morgan fingerprint density at radius 1 is 1.22 bits per heavy atom. The Balaban J connectivity index is 1.69. The topological polar surface area (TPSA) is 85.0 Å². The standard InChI is InChI=1S/C24H30FN5O2/c1-16(2)14-29-15-21(30(23(29)31)19-6-4-17(25)5-7-19)20-10-13-26-22(28-20)27-18-8-11-24(3,32)12-9-18/h4-7,10,13,15-16,18,32H,8-9,11-12,14H2,1-3H3,(H,26,27,28). The minimum Gasteiger partial charge on any atom is -0.390 e. The van der Waals surface area contributed by atoms with Crippen molar-refractivity contribution in [1.29, 1.82) is 0 Å². The van der Waals surface area contributed by atoms with Crippen LogP contribution in [0.3, 0.4) is 0 Å². The van der Waals surface area contributed by atoms with Crippen molar-refractivity contribution in [2.24, 2.45) is 5.92 Å². The second-order valence-corrected chi connectivity index (χ2v) is 9.34. The summed E-state index contributed by atoms with van der Waals surface area (Å²) in [4.78, 5) is 22.2. The van der Waals surface area contributed by atoms with Gasteiger partial charge in [-0.05, 0) is 68.9 Å². The summed E-state index contributed by atoms with van der Waals surface area (Å²) < 4.78 is 16.7. The molecule has 2 aromatic heterocycles. The number of hydrogen-bond acceptors (Lipinski definition) is 5. The van der Waals surface area contributed by atoms with Crippen LogP contribution in [0.1, 0.15) is 46.5 Å². The molecule has 0 amide bonds. The number of nitrogens with zero attached hydrogens (tertiary/aromatic N) is 4. The van der Waals surface area contributed by atoms with E-state index in [9.17, 15) is 14.3 Å². The second-order valence-electron chi connectivity index (χ2n) is 9.34. The minimum absolute atomic E-state index is 0.190. The van der Waals surface area contributed by atoms with E-state index in [1.54, 1.807) is 39.7 Å². The summed E-state index contributed by atoms with van der Waals surface area (Å²) in [6.07, 6.45) is 6.61. The third-order valence-electron chi connectivity index (χ3n) is 5.92. The Morgan fingerprint density at radius 2 is 1.91 bits per heavy atom. The van der Waals surface area contributed by atoms with Gasteiger partial charge in [-0.1, -0.05) is 13.8 Å². The smallest absolute Gasteiger partial charge is 0.333 e. The Bertz CT molecular complexity index is 1120. The van der Waals surface area contributed by atoms with Crippen molar-refractivity contribution in [1.82, 2.24) is 19.1 Å². The predicted molar refractivity (Wildman–Crippen MR) is 122 cm³/mol. The number of imidazole rings is 1. The number of hydrogen-bond donors (Lipinski definition) is 2. The molecule has 0 aliphatic heterocycles. The van der Waals surface area contributed by atoms with Gasteiger partial charge in [-0.25, -0.2) is 19.2 Å². The Morgan fingerprint density at radius 3 is 2.56 bits per heavy atom. The summed E-state index contributed by atoms with van der Waals surface area (Å²) in [6.45, 7) is 6.54. The third kappa shape index (κ3) is 4.91. The molecule has 0 radical (unpaired) electrons. The molecule has 0 saturated heterocycles. The average Bonchev–Trinajstić information content (AvgIpc) is 3.06. The highest BCUT2D eigenvalue weighted by atomic mass is 19.1. The van der Waals surface area contributed by atoms with Crippen molar-refractivity contribution in [3.63, 3.8) is 0 Å². The molecule has 0 atom stereocenters. The highest BCUT2D eigenvalue weighted by molar-refractivity contribution is 5.59. The molecule has 0 unspecified atom stereocenters. The molecular weight excluding hydrogens is 409 g/mol. The fraction of sp³-hybridized carbons (Fsp3) is 0.458. The zero-order valence-electron chi connectivity index (χ0n) is 18.8. The van der Waals surface area contributed by atoms with E-state index in [4.69, 9.17) is 0 Å². The molecule has 1 aromatic carbocycles. The maximum Gasteiger partial charge on any atom is 0.333 e. The molecule has 4 rings (SSSR count). The molecule has 32 heavy (non-hydrogen) atoms. The number of aliphatic hydroxyl groups is 1. The zero-order chi connectivity index (χ0) is 22.9. The van der Waals surface area contributed by atoms with Crippen LogP contribution >= 0.6 is 0 Å². The van der Waals surface area contributed by atoms with Crippen LogP contribution in [0, 0.1) is 11.7 Å². The molecule has 7 nitrogen and oxygen atoms in total. The lowest BCUT2D eigenvalue weighted by atomic mass is 9.84. The van der Waals surface area contributed by atoms with Crippen molar-refractivity contribution in [3.05, 3.63) is 59.0 Å². The van der Waals surface area contributed by atoms with Crippen molar-refractivity contribution in [3.8, 4) is 17.1 Å². The lowest BCUT2D eigenvalue weighted by molar-refractivity contribution is 0.0195. The maximum absolute atomic E-state index is 13.5. The highest BCUT2D eigenvalue weighted by Crippen LogP contribution is 2.29. The number of benzene rings is 1. The summed E-state index contributed by atoms with van der Waals surface area (Å²) in [5.74, 6) is 0.421. The SMILES string of the molecule is CC(C)Cn1cc(-c2ccnc(NC3CCC(C)(O)CC3)n2)n(-c2ccc(F)cc2)c1=O. The highest BCUT2D eigenvalue weighted by Gasteiger charge is 2.29. The first-order chi connectivity index (χ1) is 15.2. The van der Waals surface area contributed by atoms with Crippen molar-refractivity contribution < 1.29 is 9.50 Å². The third-order valence-corrected chi connectivity index (χ3v) is 5.92. The summed E-state index contributed by atoms with van der Waals surface area (Å²) >= 11 is 0. The quantitative estimate of drug-likeness (QED) is 0.607. The van der Waals surface area contributed by atoms with Gasteiger partial charge in [-0.3, -0.25) is 9.13 Å². The largest absolute Gasteiger partial charge is 0.390 e. The summed E-state index contributed by atoms with van der Waals surface area (Å²) in [5.41, 5.74) is 1.01. The van der Waals surface area contributed by atoms with Gasteiger partial charge in [-0.15, -0.1) is 0 Å². The van der Waals surface area contributed by atoms with Crippen LogP contribution < -0.4 is 11.0 Å². The van der Waals surface area contributed by atoms with E-state index < -0.39 is 5.60 Å². The first kappa shape index (κ1) is 22.2. The fourth-order valence-corrected chi connectivity index (χ4v) is 4.17. The van der Waals surface area contributed by atoms with E-state index in [-0.39, 0.29) is 23.5 Å². The Hall–Kier alpha value is -3.00. The van der Waals surface area contributed by atoms with Crippen LogP contribution in [0.2, 0.25) is 0 Å². The Labute approximate surface area is 187 Å². The van der Waals surface area contributed by atoms with Crippen molar-refractivity contribution in [2.75, 3.05) is 5.32 Å². The molecule has 8 heteroatoms. The van der Waals surface area contributed by atoms with Gasteiger partial charge in [0, 0.05) is 25.0 Å². The van der Waals surface area contributed by atoms with Crippen LogP contribution in [0.5, 0.6) is 0 Å². The normalized spacial score (nSPS) is 21.1. The Kier molecular flexibility index (Phi) is 6.15. The van der Waals surface area contributed by atoms with E-state index in [1.807, 2.05) is 6.92 Å². The fourth-order valence-electron chi connectivity index (χ4n) is 4.17. The van der Waals surface area contributed by atoms with E-state index >= 15 is 0 Å². The lowest BCUT2D eigenvalue weighted by Crippen LogP contribution is -2.36. The summed E-state index contributed by atoms with van der Waals surface area (Å²) in [7, 11) is 0. The second kappa shape index (κ2) is 8.86. The van der Waals surface area contributed by atoms with Gasteiger partial charge in [0.1, 0.15) is 5.82 Å². The zero-order valence-corrected chi connectivity index (χ0v) is 18.8. The number of nitrogens with one attached hydrogen (secondary N) is 1. The van der Waals surface area contributed by atoms with Gasteiger partial charge in [-0.2, -0.15) is 0 Å². The minimum atomic E-state index is -0.606. The number of halogens is 1. The molecule has 1 saturated carbocycles. The van der Waals surface area contributed by atoms with Gasteiger partial charge >= 0.3 is 5.69 Å². The van der Waals surface area contributed by atoms with E-state index in [0.717, 1.165) is 25.7 Å². The molecular formula is C24H30FN5O2. The van der Waals surface area contributed by atoms with Crippen molar-refractivity contribution >= 4 is 5.95 Å². The van der Waals surface area contributed by atoms with Crippen LogP contribution in [-0.4, -0.2) is 35.9 Å². The van der Waals surface area contributed by atoms with Gasteiger partial charge in [0.15, 0.2) is 0 Å². The van der Waals surface area contributed by atoms with Crippen molar-refractivity contribution in [2.45, 2.75) is 64.6 Å². The van der Waals surface area contributed by atoms with Crippen LogP contribution in [0.4, 0.5) is 10.3 Å². The molecule has 0 spiro atoms. The molecule has 1 fully saturated rings. The lowest BCUT2D eigenvalue weighted by Gasteiger charge is -2.33. The predicted octanol–water partition coefficient (Wildman–Crippen LogP) is 4.00. The summed E-state index contributed by atoms with van der Waals surface area (Å²) in [5, 5.41) is 13.6. The first-order valence-electron chi connectivity index (χ1n) is 11.1. The van der Waals surface area contributed by atoms with Crippen LogP contribution in [0.15, 0.2) is 47.5 Å². The number of rotatable bonds is 6. The average molecular weight is 440 g/mol.